The fraction of sp³-hybridized carbons (Fsp3) is 0.0667. The molecule has 20 heavy (non-hydrogen) atoms. The Hall–Kier alpha value is -2.40. The van der Waals surface area contributed by atoms with E-state index in [0.29, 0.717) is 16.3 Å². The van der Waals surface area contributed by atoms with Crippen molar-refractivity contribution in [1.82, 2.24) is 4.98 Å². The summed E-state index contributed by atoms with van der Waals surface area (Å²) in [5.74, 6) is -0.195. The minimum absolute atomic E-state index is 0.195. The number of thiophene rings is 1. The van der Waals surface area contributed by atoms with Gasteiger partial charge in [0.15, 0.2) is 0 Å². The van der Waals surface area contributed by atoms with E-state index in [9.17, 15) is 4.79 Å². The minimum Gasteiger partial charge on any atom is -0.397 e. The molecule has 5 heteroatoms. The molecule has 0 saturated heterocycles. The summed E-state index contributed by atoms with van der Waals surface area (Å²) in [7, 11) is 0. The van der Waals surface area contributed by atoms with Crippen LogP contribution in [0.5, 0.6) is 0 Å². The monoisotopic (exact) mass is 283 g/mol. The van der Waals surface area contributed by atoms with Crippen LogP contribution >= 0.6 is 11.3 Å². The Labute approximate surface area is 120 Å². The molecule has 0 aliphatic heterocycles. The first-order chi connectivity index (χ1) is 9.66. The largest absolute Gasteiger partial charge is 0.397 e. The Kier molecular flexibility index (Phi) is 3.12. The number of rotatable bonds is 2. The van der Waals surface area contributed by atoms with Gasteiger partial charge in [-0.05, 0) is 24.6 Å². The SMILES string of the molecule is Cc1ccncc1NC(=O)c1sc2ccccc2c1N. The van der Waals surface area contributed by atoms with E-state index >= 15 is 0 Å². The zero-order valence-electron chi connectivity index (χ0n) is 10.9. The second-order valence-corrected chi connectivity index (χ2v) is 5.54. The van der Waals surface area contributed by atoms with Gasteiger partial charge in [0.05, 0.1) is 17.6 Å². The third kappa shape index (κ3) is 2.12. The van der Waals surface area contributed by atoms with Crippen LogP contribution in [-0.4, -0.2) is 10.9 Å². The van der Waals surface area contributed by atoms with Crippen molar-refractivity contribution in [2.45, 2.75) is 6.92 Å². The molecule has 3 aromatic rings. The second kappa shape index (κ2) is 4.94. The summed E-state index contributed by atoms with van der Waals surface area (Å²) in [4.78, 5) is 16.9. The van der Waals surface area contributed by atoms with Crippen LogP contribution in [0.3, 0.4) is 0 Å². The summed E-state index contributed by atoms with van der Waals surface area (Å²) in [6.45, 7) is 1.92. The van der Waals surface area contributed by atoms with Crippen molar-refractivity contribution in [3.05, 3.63) is 53.2 Å². The number of carbonyl (C=O) groups excluding carboxylic acids is 1. The highest BCUT2D eigenvalue weighted by molar-refractivity contribution is 7.21. The van der Waals surface area contributed by atoms with Crippen molar-refractivity contribution in [3.63, 3.8) is 0 Å². The number of aromatic nitrogens is 1. The van der Waals surface area contributed by atoms with Crippen LogP contribution in [0.2, 0.25) is 0 Å². The molecule has 0 aliphatic carbocycles. The molecule has 1 amide bonds. The molecule has 0 fully saturated rings. The number of amides is 1. The summed E-state index contributed by atoms with van der Waals surface area (Å²) in [5, 5.41) is 3.78. The lowest BCUT2D eigenvalue weighted by Gasteiger charge is -2.06. The topological polar surface area (TPSA) is 68.0 Å². The van der Waals surface area contributed by atoms with E-state index in [4.69, 9.17) is 5.73 Å². The lowest BCUT2D eigenvalue weighted by Crippen LogP contribution is -2.13. The molecule has 2 aromatic heterocycles. The molecule has 0 aliphatic rings. The normalized spacial score (nSPS) is 10.7. The number of nitrogens with two attached hydrogens (primary N) is 1. The van der Waals surface area contributed by atoms with Gasteiger partial charge in [-0.2, -0.15) is 0 Å². The summed E-state index contributed by atoms with van der Waals surface area (Å²) < 4.78 is 1.01. The van der Waals surface area contributed by atoms with E-state index in [0.717, 1.165) is 15.6 Å². The lowest BCUT2D eigenvalue weighted by molar-refractivity contribution is 0.103. The summed E-state index contributed by atoms with van der Waals surface area (Å²) in [5.41, 5.74) is 8.27. The number of carbonyl (C=O) groups is 1. The number of nitrogens with zero attached hydrogens (tertiary/aromatic N) is 1. The Morgan fingerprint density at radius 1 is 1.30 bits per heavy atom. The van der Waals surface area contributed by atoms with Crippen LogP contribution in [0, 0.1) is 6.92 Å². The highest BCUT2D eigenvalue weighted by Gasteiger charge is 2.16. The fourth-order valence-electron chi connectivity index (χ4n) is 2.01. The Morgan fingerprint density at radius 2 is 2.10 bits per heavy atom. The molecule has 2 heterocycles. The van der Waals surface area contributed by atoms with Crippen molar-refractivity contribution in [1.29, 1.82) is 0 Å². The van der Waals surface area contributed by atoms with Crippen molar-refractivity contribution in [3.8, 4) is 0 Å². The number of benzene rings is 1. The third-order valence-electron chi connectivity index (χ3n) is 3.13. The minimum atomic E-state index is -0.195. The number of hydrogen-bond acceptors (Lipinski definition) is 4. The van der Waals surface area contributed by atoms with Crippen LogP contribution in [0.15, 0.2) is 42.7 Å². The van der Waals surface area contributed by atoms with E-state index in [1.54, 1.807) is 12.4 Å². The van der Waals surface area contributed by atoms with Crippen molar-refractivity contribution < 1.29 is 4.79 Å². The number of fused-ring (bicyclic) bond motifs is 1. The molecule has 0 radical (unpaired) electrons. The first-order valence-corrected chi connectivity index (χ1v) is 6.97. The maximum Gasteiger partial charge on any atom is 0.267 e. The standard InChI is InChI=1S/C15H13N3OS/c1-9-6-7-17-8-11(9)18-15(19)14-13(16)10-4-2-3-5-12(10)20-14/h2-8H,16H2,1H3,(H,18,19). The van der Waals surface area contributed by atoms with Crippen LogP contribution < -0.4 is 11.1 Å². The summed E-state index contributed by atoms with van der Waals surface area (Å²) in [6, 6.07) is 9.59. The van der Waals surface area contributed by atoms with Crippen molar-refractivity contribution >= 4 is 38.7 Å². The van der Waals surface area contributed by atoms with E-state index in [1.807, 2.05) is 37.3 Å². The Bertz CT molecular complexity index is 795. The molecule has 100 valence electrons. The number of anilines is 2. The predicted octanol–water partition coefficient (Wildman–Crippen LogP) is 3.44. The predicted molar refractivity (Wildman–Crippen MR) is 83.2 cm³/mol. The summed E-state index contributed by atoms with van der Waals surface area (Å²) in [6.07, 6.45) is 3.33. The maximum atomic E-state index is 12.3. The smallest absolute Gasteiger partial charge is 0.267 e. The van der Waals surface area contributed by atoms with Crippen LogP contribution in [-0.2, 0) is 0 Å². The first kappa shape index (κ1) is 12.6. The highest BCUT2D eigenvalue weighted by Crippen LogP contribution is 2.33. The van der Waals surface area contributed by atoms with Crippen molar-refractivity contribution in [2.75, 3.05) is 11.1 Å². The van der Waals surface area contributed by atoms with Crippen LogP contribution in [0.1, 0.15) is 15.2 Å². The number of nitrogens with one attached hydrogen (secondary N) is 1. The number of pyridine rings is 1. The van der Waals surface area contributed by atoms with E-state index in [2.05, 4.69) is 10.3 Å². The van der Waals surface area contributed by atoms with Gasteiger partial charge in [-0.3, -0.25) is 9.78 Å². The molecule has 0 spiro atoms. The van der Waals surface area contributed by atoms with Crippen molar-refractivity contribution in [2.24, 2.45) is 0 Å². The van der Waals surface area contributed by atoms with Gasteiger partial charge in [-0.25, -0.2) is 0 Å². The summed E-state index contributed by atoms with van der Waals surface area (Å²) >= 11 is 1.40. The number of aryl methyl sites for hydroxylation is 1. The maximum absolute atomic E-state index is 12.3. The third-order valence-corrected chi connectivity index (χ3v) is 4.31. The van der Waals surface area contributed by atoms with E-state index in [1.165, 1.54) is 11.3 Å². The lowest BCUT2D eigenvalue weighted by atomic mass is 10.2. The molecule has 3 N–H and O–H groups in total. The average Bonchev–Trinajstić information content (AvgIpc) is 2.79. The molecule has 0 saturated carbocycles. The molecule has 4 nitrogen and oxygen atoms in total. The van der Waals surface area contributed by atoms with Gasteiger partial charge in [0.25, 0.3) is 5.91 Å². The van der Waals surface area contributed by atoms with Gasteiger partial charge >= 0.3 is 0 Å². The van der Waals surface area contributed by atoms with Gasteiger partial charge in [-0.1, -0.05) is 18.2 Å². The van der Waals surface area contributed by atoms with Gasteiger partial charge in [0, 0.05) is 16.3 Å². The van der Waals surface area contributed by atoms with Crippen LogP contribution in [0.4, 0.5) is 11.4 Å². The number of nitrogen functional groups attached to an aromatic ring is 1. The molecular formula is C15H13N3OS. The Morgan fingerprint density at radius 3 is 2.85 bits per heavy atom. The first-order valence-electron chi connectivity index (χ1n) is 6.16. The van der Waals surface area contributed by atoms with Crippen LogP contribution in [0.25, 0.3) is 10.1 Å². The van der Waals surface area contributed by atoms with Gasteiger partial charge in [0.1, 0.15) is 4.88 Å². The number of hydrogen-bond donors (Lipinski definition) is 2. The van der Waals surface area contributed by atoms with E-state index in [-0.39, 0.29) is 5.91 Å². The van der Waals surface area contributed by atoms with Gasteiger partial charge < -0.3 is 11.1 Å². The van der Waals surface area contributed by atoms with E-state index < -0.39 is 0 Å². The highest BCUT2D eigenvalue weighted by atomic mass is 32.1. The van der Waals surface area contributed by atoms with Gasteiger partial charge in [-0.15, -0.1) is 11.3 Å². The average molecular weight is 283 g/mol. The fourth-order valence-corrected chi connectivity index (χ4v) is 3.03. The molecule has 1 aromatic carbocycles. The molecule has 0 unspecified atom stereocenters. The molecular weight excluding hydrogens is 270 g/mol. The van der Waals surface area contributed by atoms with Gasteiger partial charge in [0.2, 0.25) is 0 Å². The second-order valence-electron chi connectivity index (χ2n) is 4.49. The zero-order valence-corrected chi connectivity index (χ0v) is 11.7. The zero-order chi connectivity index (χ0) is 14.1. The molecule has 0 atom stereocenters. The molecule has 3 rings (SSSR count). The Balaban J connectivity index is 1.97. The molecule has 0 bridgehead atoms. The quantitative estimate of drug-likeness (QED) is 0.757.